The van der Waals surface area contributed by atoms with Crippen molar-refractivity contribution in [1.82, 2.24) is 20.2 Å². The molecule has 0 radical (unpaired) electrons. The van der Waals surface area contributed by atoms with E-state index in [2.05, 4.69) is 39.6 Å². The number of benzene rings is 1. The van der Waals surface area contributed by atoms with Crippen molar-refractivity contribution in [3.8, 4) is 0 Å². The van der Waals surface area contributed by atoms with Crippen LogP contribution in [0, 0.1) is 5.92 Å². The van der Waals surface area contributed by atoms with Gasteiger partial charge in [-0.15, -0.1) is 0 Å². The van der Waals surface area contributed by atoms with E-state index in [0.29, 0.717) is 25.2 Å². The molecule has 1 aromatic heterocycles. The first-order chi connectivity index (χ1) is 16.1. The van der Waals surface area contributed by atoms with E-state index in [4.69, 9.17) is 4.74 Å². The van der Waals surface area contributed by atoms with Gasteiger partial charge in [0.1, 0.15) is 11.8 Å². The zero-order valence-corrected chi connectivity index (χ0v) is 18.8. The lowest BCUT2D eigenvalue weighted by molar-refractivity contribution is -0.141. The number of aliphatic hydroxyl groups is 1. The fourth-order valence-electron chi connectivity index (χ4n) is 4.76. The molecule has 2 amide bonds. The maximum Gasteiger partial charge on any atom is 0.271 e. The minimum absolute atomic E-state index is 0.108. The Balaban J connectivity index is 1.22. The van der Waals surface area contributed by atoms with Crippen LogP contribution in [0.1, 0.15) is 48.2 Å². The number of amides is 2. The highest BCUT2D eigenvalue weighted by atomic mass is 16.5. The molecule has 2 aliphatic rings. The van der Waals surface area contributed by atoms with Gasteiger partial charge in [-0.05, 0) is 43.6 Å². The van der Waals surface area contributed by atoms with Crippen LogP contribution in [0.3, 0.4) is 0 Å². The molecule has 3 heterocycles. The number of likely N-dealkylation sites (tertiary alicyclic amines) is 1. The number of hydrogen-bond donors (Lipinski definition) is 2. The van der Waals surface area contributed by atoms with Crippen molar-refractivity contribution in [3.05, 3.63) is 60.2 Å². The predicted octanol–water partition coefficient (Wildman–Crippen LogP) is 1.99. The Morgan fingerprint density at radius 2 is 1.88 bits per heavy atom. The van der Waals surface area contributed by atoms with Crippen LogP contribution >= 0.6 is 0 Å². The molecular weight excluding hydrogens is 420 g/mol. The van der Waals surface area contributed by atoms with E-state index in [1.54, 1.807) is 0 Å². The molecule has 8 heteroatoms. The van der Waals surface area contributed by atoms with Crippen molar-refractivity contribution in [2.24, 2.45) is 5.92 Å². The van der Waals surface area contributed by atoms with Gasteiger partial charge in [-0.2, -0.15) is 0 Å². The largest absolute Gasteiger partial charge is 0.394 e. The summed E-state index contributed by atoms with van der Waals surface area (Å²) in [5, 5.41) is 12.7. The molecule has 0 saturated carbocycles. The number of aliphatic hydroxyl groups excluding tert-OH is 1. The molecule has 2 fully saturated rings. The summed E-state index contributed by atoms with van der Waals surface area (Å²) in [7, 11) is 0. The standard InChI is InChI=1S/C25H32N4O4/c30-17-23-21(28-25(32)22-16-26-10-11-27-22)7-6-20(33-23)15-24(31)29-12-8-19(9-13-29)14-18-4-2-1-3-5-18/h1-5,10-11,16,19-21,23,30H,6-9,12-15,17H2,(H,28,32)/t20-,21+,23-/m0/s1. The van der Waals surface area contributed by atoms with Crippen LogP contribution in [0.2, 0.25) is 0 Å². The van der Waals surface area contributed by atoms with Crippen LogP contribution in [0.4, 0.5) is 0 Å². The second-order valence-electron chi connectivity index (χ2n) is 8.95. The van der Waals surface area contributed by atoms with Gasteiger partial charge >= 0.3 is 0 Å². The number of aromatic nitrogens is 2. The summed E-state index contributed by atoms with van der Waals surface area (Å²) >= 11 is 0. The van der Waals surface area contributed by atoms with Crippen molar-refractivity contribution in [1.29, 1.82) is 0 Å². The normalized spacial score (nSPS) is 23.8. The van der Waals surface area contributed by atoms with Crippen LogP contribution in [-0.2, 0) is 16.0 Å². The molecule has 8 nitrogen and oxygen atoms in total. The molecule has 0 aliphatic carbocycles. The smallest absolute Gasteiger partial charge is 0.271 e. The van der Waals surface area contributed by atoms with Gasteiger partial charge in [0.2, 0.25) is 5.91 Å². The van der Waals surface area contributed by atoms with E-state index >= 15 is 0 Å². The maximum absolute atomic E-state index is 12.9. The molecule has 4 rings (SSSR count). The Morgan fingerprint density at radius 1 is 1.09 bits per heavy atom. The minimum Gasteiger partial charge on any atom is -0.394 e. The molecule has 1 aromatic carbocycles. The summed E-state index contributed by atoms with van der Waals surface area (Å²) in [5.74, 6) is 0.375. The second-order valence-corrected chi connectivity index (χ2v) is 8.95. The first kappa shape index (κ1) is 23.3. The van der Waals surface area contributed by atoms with Gasteiger partial charge in [-0.3, -0.25) is 14.6 Å². The Kier molecular flexibility index (Phi) is 8.01. The second kappa shape index (κ2) is 11.3. The summed E-state index contributed by atoms with van der Waals surface area (Å²) in [6.45, 7) is 1.34. The number of carbonyl (C=O) groups is 2. The van der Waals surface area contributed by atoms with E-state index in [0.717, 1.165) is 32.4 Å². The number of ether oxygens (including phenoxy) is 1. The summed E-state index contributed by atoms with van der Waals surface area (Å²) < 4.78 is 6.00. The first-order valence-electron chi connectivity index (χ1n) is 11.8. The zero-order chi connectivity index (χ0) is 23.0. The molecule has 2 N–H and O–H groups in total. The third-order valence-corrected chi connectivity index (χ3v) is 6.64. The maximum atomic E-state index is 12.9. The van der Waals surface area contributed by atoms with Gasteiger partial charge in [0.25, 0.3) is 5.91 Å². The molecule has 0 spiro atoms. The van der Waals surface area contributed by atoms with E-state index in [1.165, 1.54) is 24.2 Å². The van der Waals surface area contributed by atoms with E-state index in [1.807, 2.05) is 11.0 Å². The SMILES string of the molecule is O=C(N[C@@H]1CC[C@@H](CC(=O)N2CCC(Cc3ccccc3)CC2)O[C@H]1CO)c1cnccn1. The van der Waals surface area contributed by atoms with E-state index < -0.39 is 6.10 Å². The van der Waals surface area contributed by atoms with Gasteiger partial charge in [0.05, 0.1) is 31.4 Å². The van der Waals surface area contributed by atoms with E-state index in [9.17, 15) is 14.7 Å². The number of nitrogens with zero attached hydrogens (tertiary/aromatic N) is 3. The monoisotopic (exact) mass is 452 g/mol. The fraction of sp³-hybridized carbons (Fsp3) is 0.520. The average molecular weight is 453 g/mol. The van der Waals surface area contributed by atoms with Crippen molar-refractivity contribution >= 4 is 11.8 Å². The summed E-state index contributed by atoms with van der Waals surface area (Å²) in [5.41, 5.74) is 1.58. The van der Waals surface area contributed by atoms with Crippen LogP contribution in [0.15, 0.2) is 48.9 Å². The number of hydrogen-bond acceptors (Lipinski definition) is 6. The average Bonchev–Trinajstić information content (AvgIpc) is 2.86. The third-order valence-electron chi connectivity index (χ3n) is 6.64. The van der Waals surface area contributed by atoms with E-state index in [-0.39, 0.29) is 36.3 Å². The molecule has 2 saturated heterocycles. The van der Waals surface area contributed by atoms with Crippen LogP contribution in [0.25, 0.3) is 0 Å². The highest BCUT2D eigenvalue weighted by Crippen LogP contribution is 2.25. The van der Waals surface area contributed by atoms with Crippen LogP contribution < -0.4 is 5.32 Å². The minimum atomic E-state index is -0.547. The molecule has 3 atom stereocenters. The lowest BCUT2D eigenvalue weighted by atomic mass is 9.90. The molecule has 33 heavy (non-hydrogen) atoms. The van der Waals surface area contributed by atoms with Crippen LogP contribution in [0.5, 0.6) is 0 Å². The van der Waals surface area contributed by atoms with Gasteiger partial charge in [0.15, 0.2) is 0 Å². The molecule has 2 aromatic rings. The molecule has 2 aliphatic heterocycles. The Hall–Kier alpha value is -2.84. The number of rotatable bonds is 7. The van der Waals surface area contributed by atoms with Crippen molar-refractivity contribution in [2.45, 2.75) is 56.8 Å². The predicted molar refractivity (Wildman–Crippen MR) is 122 cm³/mol. The Morgan fingerprint density at radius 3 is 2.58 bits per heavy atom. The molecule has 0 bridgehead atoms. The van der Waals surface area contributed by atoms with Gasteiger partial charge in [-0.25, -0.2) is 4.98 Å². The lowest BCUT2D eigenvalue weighted by Gasteiger charge is -2.37. The van der Waals surface area contributed by atoms with Gasteiger partial charge in [-0.1, -0.05) is 30.3 Å². The number of nitrogens with one attached hydrogen (secondary N) is 1. The molecule has 176 valence electrons. The third kappa shape index (κ3) is 6.36. The topological polar surface area (TPSA) is 105 Å². The Bertz CT molecular complexity index is 903. The molecule has 0 unspecified atom stereocenters. The first-order valence-corrected chi connectivity index (χ1v) is 11.8. The van der Waals surface area contributed by atoms with Crippen molar-refractivity contribution in [3.63, 3.8) is 0 Å². The van der Waals surface area contributed by atoms with Crippen molar-refractivity contribution in [2.75, 3.05) is 19.7 Å². The van der Waals surface area contributed by atoms with Gasteiger partial charge < -0.3 is 20.1 Å². The quantitative estimate of drug-likeness (QED) is 0.666. The number of piperidine rings is 1. The van der Waals surface area contributed by atoms with Crippen LogP contribution in [-0.4, -0.2) is 69.7 Å². The molecular formula is C25H32N4O4. The number of carbonyl (C=O) groups excluding carboxylic acids is 2. The fourth-order valence-corrected chi connectivity index (χ4v) is 4.76. The Labute approximate surface area is 194 Å². The summed E-state index contributed by atoms with van der Waals surface area (Å²) in [4.78, 5) is 35.1. The lowest BCUT2D eigenvalue weighted by Crippen LogP contribution is -2.52. The van der Waals surface area contributed by atoms with Crippen molar-refractivity contribution < 1.29 is 19.4 Å². The highest BCUT2D eigenvalue weighted by molar-refractivity contribution is 5.92. The highest BCUT2D eigenvalue weighted by Gasteiger charge is 2.34. The summed E-state index contributed by atoms with van der Waals surface area (Å²) in [6.07, 6.45) is 8.26. The zero-order valence-electron chi connectivity index (χ0n) is 18.8. The summed E-state index contributed by atoms with van der Waals surface area (Å²) in [6, 6.07) is 10.2. The van der Waals surface area contributed by atoms with Gasteiger partial charge in [0, 0.05) is 25.5 Å².